The third-order valence-corrected chi connectivity index (χ3v) is 7.07. The van der Waals surface area contributed by atoms with Crippen LogP contribution in [-0.4, -0.2) is 42.2 Å². The van der Waals surface area contributed by atoms with Gasteiger partial charge in [0.2, 0.25) is 10.8 Å². The quantitative estimate of drug-likeness (QED) is 0.798. The van der Waals surface area contributed by atoms with E-state index in [-0.39, 0.29) is 23.4 Å². The van der Waals surface area contributed by atoms with Crippen molar-refractivity contribution in [2.75, 3.05) is 35.3 Å². The minimum atomic E-state index is -1.12. The van der Waals surface area contributed by atoms with Crippen molar-refractivity contribution in [2.24, 2.45) is 0 Å². The van der Waals surface area contributed by atoms with Gasteiger partial charge in [-0.1, -0.05) is 18.2 Å². The molecule has 2 amide bonds. The van der Waals surface area contributed by atoms with E-state index in [0.717, 1.165) is 37.2 Å². The number of halogens is 1. The zero-order chi connectivity index (χ0) is 19.3. The summed E-state index contributed by atoms with van der Waals surface area (Å²) in [4.78, 5) is 31.2. The highest BCUT2D eigenvalue weighted by atomic mass is 32.2. The number of nitrogens with zero attached hydrogens (tertiary/aromatic N) is 3. The number of hydrogen-bond donors (Lipinski definition) is 0. The van der Waals surface area contributed by atoms with Crippen molar-refractivity contribution in [3.05, 3.63) is 59.9 Å². The standard InChI is InChI=1S/C21H20FN3O2S/c22-15-7-9-16(10-8-15)25-19(26)13-28-21(25)17-5-1-2-6-18(17)24(20(21)27)14-23-11-3-4-12-23/h1-2,5-10H,3-4,11-14H2/t21-/m0/s1. The van der Waals surface area contributed by atoms with Gasteiger partial charge in [-0.15, -0.1) is 11.8 Å². The van der Waals surface area contributed by atoms with Crippen LogP contribution in [0.5, 0.6) is 0 Å². The van der Waals surface area contributed by atoms with Gasteiger partial charge in [0, 0.05) is 11.3 Å². The van der Waals surface area contributed by atoms with E-state index in [1.807, 2.05) is 29.2 Å². The van der Waals surface area contributed by atoms with Crippen LogP contribution in [0.1, 0.15) is 18.4 Å². The topological polar surface area (TPSA) is 43.9 Å². The molecule has 2 saturated heterocycles. The Morgan fingerprint density at radius 3 is 2.46 bits per heavy atom. The molecule has 144 valence electrons. The van der Waals surface area contributed by atoms with Crippen LogP contribution in [0.3, 0.4) is 0 Å². The maximum Gasteiger partial charge on any atom is 0.269 e. The van der Waals surface area contributed by atoms with Gasteiger partial charge < -0.3 is 0 Å². The Labute approximate surface area is 167 Å². The highest BCUT2D eigenvalue weighted by Gasteiger charge is 2.61. The molecule has 0 aromatic heterocycles. The van der Waals surface area contributed by atoms with Crippen LogP contribution in [0.4, 0.5) is 15.8 Å². The molecule has 2 fully saturated rings. The predicted molar refractivity (Wildman–Crippen MR) is 108 cm³/mol. The number of para-hydroxylation sites is 1. The van der Waals surface area contributed by atoms with Crippen LogP contribution in [0.25, 0.3) is 0 Å². The number of likely N-dealkylation sites (tertiary alicyclic amines) is 1. The minimum Gasteiger partial charge on any atom is -0.295 e. The molecule has 5 rings (SSSR count). The van der Waals surface area contributed by atoms with Crippen molar-refractivity contribution in [1.29, 1.82) is 0 Å². The lowest BCUT2D eigenvalue weighted by Crippen LogP contribution is -2.51. The van der Waals surface area contributed by atoms with Crippen molar-refractivity contribution >= 4 is 35.0 Å². The summed E-state index contributed by atoms with van der Waals surface area (Å²) in [5, 5.41) is 0. The molecule has 0 N–H and O–H groups in total. The number of thioether (sulfide) groups is 1. The molecule has 2 aromatic rings. The summed E-state index contributed by atoms with van der Waals surface area (Å²) in [5.74, 6) is -0.385. The van der Waals surface area contributed by atoms with Gasteiger partial charge in [-0.05, 0) is 56.3 Å². The van der Waals surface area contributed by atoms with Crippen molar-refractivity contribution in [3.63, 3.8) is 0 Å². The SMILES string of the molecule is O=C1CS[C@@]2(C(=O)N(CN3CCCC3)c3ccccc32)N1c1ccc(F)cc1. The monoisotopic (exact) mass is 397 g/mol. The van der Waals surface area contributed by atoms with Gasteiger partial charge in [-0.2, -0.15) is 0 Å². The first-order valence-corrected chi connectivity index (χ1v) is 10.5. The third kappa shape index (κ3) is 2.49. The van der Waals surface area contributed by atoms with E-state index in [1.54, 1.807) is 17.0 Å². The van der Waals surface area contributed by atoms with Crippen LogP contribution < -0.4 is 9.80 Å². The van der Waals surface area contributed by atoms with E-state index in [4.69, 9.17) is 0 Å². The molecule has 1 atom stereocenters. The van der Waals surface area contributed by atoms with Crippen molar-refractivity contribution < 1.29 is 14.0 Å². The maximum atomic E-state index is 13.8. The van der Waals surface area contributed by atoms with Gasteiger partial charge in [0.15, 0.2) is 0 Å². The number of amides is 2. The van der Waals surface area contributed by atoms with E-state index in [0.29, 0.717) is 12.4 Å². The molecule has 0 saturated carbocycles. The van der Waals surface area contributed by atoms with Gasteiger partial charge in [-0.25, -0.2) is 4.39 Å². The lowest BCUT2D eigenvalue weighted by atomic mass is 10.0. The summed E-state index contributed by atoms with van der Waals surface area (Å²) in [5.41, 5.74) is 2.23. The fourth-order valence-corrected chi connectivity index (χ4v) is 5.77. The first kappa shape index (κ1) is 17.7. The molecule has 7 heteroatoms. The molecule has 0 radical (unpaired) electrons. The second-order valence-corrected chi connectivity index (χ2v) is 8.52. The molecule has 1 spiro atoms. The fourth-order valence-electron chi connectivity index (χ4n) is 4.41. The molecule has 0 bridgehead atoms. The summed E-state index contributed by atoms with van der Waals surface area (Å²) in [7, 11) is 0. The smallest absolute Gasteiger partial charge is 0.269 e. The Morgan fingerprint density at radius 1 is 1.00 bits per heavy atom. The van der Waals surface area contributed by atoms with Gasteiger partial charge in [0.1, 0.15) is 5.82 Å². The van der Waals surface area contributed by atoms with Crippen LogP contribution >= 0.6 is 11.8 Å². The Hall–Kier alpha value is -2.38. The van der Waals surface area contributed by atoms with E-state index in [1.165, 1.54) is 23.9 Å². The van der Waals surface area contributed by atoms with E-state index in [2.05, 4.69) is 4.90 Å². The zero-order valence-corrected chi connectivity index (χ0v) is 16.1. The summed E-state index contributed by atoms with van der Waals surface area (Å²) in [6, 6.07) is 13.5. The summed E-state index contributed by atoms with van der Waals surface area (Å²) >= 11 is 1.35. The highest BCUT2D eigenvalue weighted by Crippen LogP contribution is 2.55. The predicted octanol–water partition coefficient (Wildman–Crippen LogP) is 3.16. The molecule has 3 aliphatic rings. The average molecular weight is 397 g/mol. The van der Waals surface area contributed by atoms with Crippen LogP contribution in [-0.2, 0) is 14.5 Å². The van der Waals surface area contributed by atoms with Crippen molar-refractivity contribution in [2.45, 2.75) is 17.7 Å². The minimum absolute atomic E-state index is 0.0965. The molecular weight excluding hydrogens is 377 g/mol. The van der Waals surface area contributed by atoms with Crippen LogP contribution in [0.2, 0.25) is 0 Å². The molecular formula is C21H20FN3O2S. The molecule has 3 heterocycles. The van der Waals surface area contributed by atoms with Crippen LogP contribution in [0.15, 0.2) is 48.5 Å². The number of carbonyl (C=O) groups is 2. The van der Waals surface area contributed by atoms with E-state index < -0.39 is 4.87 Å². The molecule has 5 nitrogen and oxygen atoms in total. The summed E-state index contributed by atoms with van der Waals surface area (Å²) in [6.45, 7) is 2.49. The zero-order valence-electron chi connectivity index (χ0n) is 15.3. The number of hydrogen-bond acceptors (Lipinski definition) is 4. The Bertz CT molecular complexity index is 945. The Kier molecular flexibility index (Phi) is 4.17. The number of benzene rings is 2. The van der Waals surface area contributed by atoms with Gasteiger partial charge in [0.05, 0.1) is 18.1 Å². The van der Waals surface area contributed by atoms with Gasteiger partial charge >= 0.3 is 0 Å². The summed E-state index contributed by atoms with van der Waals surface area (Å²) < 4.78 is 13.5. The maximum absolute atomic E-state index is 13.8. The molecule has 0 unspecified atom stereocenters. The van der Waals surface area contributed by atoms with Crippen molar-refractivity contribution in [1.82, 2.24) is 4.90 Å². The molecule has 2 aromatic carbocycles. The Morgan fingerprint density at radius 2 is 1.71 bits per heavy atom. The average Bonchev–Trinajstić information content (AvgIpc) is 3.39. The molecule has 0 aliphatic carbocycles. The number of anilines is 2. The van der Waals surface area contributed by atoms with Gasteiger partial charge in [0.25, 0.3) is 5.91 Å². The normalized spacial score (nSPS) is 24.6. The summed E-state index contributed by atoms with van der Waals surface area (Å²) in [6.07, 6.45) is 2.29. The number of fused-ring (bicyclic) bond motifs is 2. The van der Waals surface area contributed by atoms with Crippen molar-refractivity contribution in [3.8, 4) is 0 Å². The first-order valence-electron chi connectivity index (χ1n) is 9.48. The third-order valence-electron chi connectivity index (χ3n) is 5.69. The van der Waals surface area contributed by atoms with Gasteiger partial charge in [-0.3, -0.25) is 24.3 Å². The van der Waals surface area contributed by atoms with Crippen LogP contribution in [0, 0.1) is 5.82 Å². The lowest BCUT2D eigenvalue weighted by Gasteiger charge is -2.33. The largest absolute Gasteiger partial charge is 0.295 e. The van der Waals surface area contributed by atoms with E-state index >= 15 is 0 Å². The molecule has 28 heavy (non-hydrogen) atoms. The number of carbonyl (C=O) groups excluding carboxylic acids is 2. The first-order chi connectivity index (χ1) is 13.6. The second-order valence-electron chi connectivity index (χ2n) is 7.36. The lowest BCUT2D eigenvalue weighted by molar-refractivity contribution is -0.123. The fraction of sp³-hybridized carbons (Fsp3) is 0.333. The molecule has 3 aliphatic heterocycles. The second kappa shape index (κ2) is 6.60. The highest BCUT2D eigenvalue weighted by molar-refractivity contribution is 8.02. The Balaban J connectivity index is 1.62. The van der Waals surface area contributed by atoms with E-state index in [9.17, 15) is 14.0 Å². The number of rotatable bonds is 3.